The zero-order valence-corrected chi connectivity index (χ0v) is 13.4. The fourth-order valence-electron chi connectivity index (χ4n) is 2.33. The molecule has 1 aromatic carbocycles. The van der Waals surface area contributed by atoms with Gasteiger partial charge in [-0.25, -0.2) is 0 Å². The highest BCUT2D eigenvalue weighted by atomic mass is 16.5. The van der Waals surface area contributed by atoms with Gasteiger partial charge in [0.2, 0.25) is 0 Å². The number of nitrogens with one attached hydrogen (secondary N) is 1. The number of aromatic nitrogens is 1. The van der Waals surface area contributed by atoms with E-state index in [1.807, 2.05) is 19.2 Å². The third-order valence-electron chi connectivity index (χ3n) is 3.42. The Morgan fingerprint density at radius 2 is 2.00 bits per heavy atom. The first-order valence-corrected chi connectivity index (χ1v) is 7.40. The second-order valence-corrected chi connectivity index (χ2v) is 6.58. The molecule has 4 nitrogen and oxygen atoms in total. The second kappa shape index (κ2) is 6.60. The third kappa shape index (κ3) is 4.56. The van der Waals surface area contributed by atoms with Crippen molar-refractivity contribution in [3.8, 4) is 0 Å². The van der Waals surface area contributed by atoms with Crippen LogP contribution in [-0.2, 0) is 18.4 Å². The molecule has 0 spiro atoms. The summed E-state index contributed by atoms with van der Waals surface area (Å²) in [7, 11) is 2.04. The van der Waals surface area contributed by atoms with Crippen molar-refractivity contribution in [2.24, 2.45) is 7.05 Å². The molecule has 1 atom stereocenters. The van der Waals surface area contributed by atoms with Crippen LogP contribution in [0.1, 0.15) is 26.3 Å². The molecule has 0 aliphatic heterocycles. The number of para-hydroxylation sites is 1. The Labute approximate surface area is 126 Å². The normalized spacial score (nSPS) is 13.8. The van der Waals surface area contributed by atoms with Crippen LogP contribution in [0.15, 0.2) is 30.5 Å². The van der Waals surface area contributed by atoms with Crippen LogP contribution in [0.5, 0.6) is 0 Å². The van der Waals surface area contributed by atoms with E-state index in [2.05, 4.69) is 49.0 Å². The number of nitrogens with zero attached hydrogens (tertiary/aromatic N) is 1. The highest BCUT2D eigenvalue weighted by Gasteiger charge is 2.12. The van der Waals surface area contributed by atoms with Gasteiger partial charge in [-0.2, -0.15) is 0 Å². The number of aliphatic hydroxyl groups is 1. The SMILES string of the molecule is Cn1cc(COCC(O)CNC(C)(C)C)c2ccccc21. The Morgan fingerprint density at radius 3 is 2.71 bits per heavy atom. The van der Waals surface area contributed by atoms with Gasteiger partial charge in [-0.15, -0.1) is 0 Å². The van der Waals surface area contributed by atoms with Crippen LogP contribution in [-0.4, -0.2) is 34.5 Å². The number of hydrogen-bond donors (Lipinski definition) is 2. The number of β-amino-alcohol motifs (C(OH)–C–C–N with tert-alkyl or cyclic N) is 1. The summed E-state index contributed by atoms with van der Waals surface area (Å²) in [6.07, 6.45) is 1.60. The lowest BCUT2D eigenvalue weighted by atomic mass is 10.1. The summed E-state index contributed by atoms with van der Waals surface area (Å²) in [5.74, 6) is 0. The Balaban J connectivity index is 1.85. The smallest absolute Gasteiger partial charge is 0.0898 e. The number of aliphatic hydroxyl groups excluding tert-OH is 1. The largest absolute Gasteiger partial charge is 0.389 e. The summed E-state index contributed by atoms with van der Waals surface area (Å²) in [4.78, 5) is 0. The summed E-state index contributed by atoms with van der Waals surface area (Å²) in [6.45, 7) is 7.64. The van der Waals surface area contributed by atoms with Crippen molar-refractivity contribution in [1.29, 1.82) is 0 Å². The molecule has 1 unspecified atom stereocenters. The highest BCUT2D eigenvalue weighted by Crippen LogP contribution is 2.20. The summed E-state index contributed by atoms with van der Waals surface area (Å²) in [5.41, 5.74) is 2.37. The van der Waals surface area contributed by atoms with E-state index in [0.717, 1.165) is 5.56 Å². The fraction of sp³-hybridized carbons (Fsp3) is 0.529. The quantitative estimate of drug-likeness (QED) is 0.859. The van der Waals surface area contributed by atoms with E-state index in [0.29, 0.717) is 19.8 Å². The number of fused-ring (bicyclic) bond motifs is 1. The Bertz CT molecular complexity index is 584. The molecule has 0 saturated heterocycles. The van der Waals surface area contributed by atoms with Crippen molar-refractivity contribution >= 4 is 10.9 Å². The number of rotatable bonds is 6. The first-order valence-electron chi connectivity index (χ1n) is 7.40. The van der Waals surface area contributed by atoms with Crippen LogP contribution in [0.25, 0.3) is 10.9 Å². The fourth-order valence-corrected chi connectivity index (χ4v) is 2.33. The van der Waals surface area contributed by atoms with Crippen molar-refractivity contribution in [2.45, 2.75) is 39.0 Å². The third-order valence-corrected chi connectivity index (χ3v) is 3.42. The lowest BCUT2D eigenvalue weighted by Gasteiger charge is -2.22. The van der Waals surface area contributed by atoms with Gasteiger partial charge in [0, 0.05) is 41.8 Å². The van der Waals surface area contributed by atoms with Crippen LogP contribution in [0, 0.1) is 0 Å². The zero-order valence-electron chi connectivity index (χ0n) is 13.4. The van der Waals surface area contributed by atoms with Gasteiger partial charge in [0.05, 0.1) is 19.3 Å². The molecule has 0 bridgehead atoms. The van der Waals surface area contributed by atoms with Crippen LogP contribution in [0.2, 0.25) is 0 Å². The van der Waals surface area contributed by atoms with Gasteiger partial charge >= 0.3 is 0 Å². The predicted molar refractivity (Wildman–Crippen MR) is 86.3 cm³/mol. The molecular formula is C17H26N2O2. The monoisotopic (exact) mass is 290 g/mol. The molecule has 0 fully saturated rings. The molecule has 0 aliphatic carbocycles. The zero-order chi connectivity index (χ0) is 15.5. The van der Waals surface area contributed by atoms with E-state index < -0.39 is 6.10 Å². The molecule has 0 saturated carbocycles. The molecule has 2 aromatic rings. The molecule has 0 aliphatic rings. The molecule has 2 rings (SSSR count). The predicted octanol–water partition coefficient (Wildman–Crippen LogP) is 2.44. The van der Waals surface area contributed by atoms with E-state index in [1.165, 1.54) is 10.9 Å². The van der Waals surface area contributed by atoms with Crippen LogP contribution >= 0.6 is 0 Å². The molecule has 0 radical (unpaired) electrons. The van der Waals surface area contributed by atoms with E-state index in [1.54, 1.807) is 0 Å². The second-order valence-electron chi connectivity index (χ2n) is 6.58. The van der Waals surface area contributed by atoms with Crippen molar-refractivity contribution in [1.82, 2.24) is 9.88 Å². The van der Waals surface area contributed by atoms with Gasteiger partial charge in [-0.05, 0) is 26.8 Å². The Hall–Kier alpha value is -1.36. The average molecular weight is 290 g/mol. The molecule has 116 valence electrons. The lowest BCUT2D eigenvalue weighted by molar-refractivity contribution is 0.0265. The van der Waals surface area contributed by atoms with Crippen molar-refractivity contribution in [2.75, 3.05) is 13.2 Å². The van der Waals surface area contributed by atoms with Gasteiger partial charge in [-0.3, -0.25) is 0 Å². The van der Waals surface area contributed by atoms with Gasteiger partial charge in [0.1, 0.15) is 0 Å². The van der Waals surface area contributed by atoms with E-state index in [-0.39, 0.29) is 5.54 Å². The van der Waals surface area contributed by atoms with Gasteiger partial charge in [0.25, 0.3) is 0 Å². The summed E-state index contributed by atoms with van der Waals surface area (Å²) >= 11 is 0. The minimum Gasteiger partial charge on any atom is -0.389 e. The molecule has 0 amide bonds. The molecule has 1 heterocycles. The molecular weight excluding hydrogens is 264 g/mol. The maximum atomic E-state index is 9.92. The molecule has 2 N–H and O–H groups in total. The summed E-state index contributed by atoms with van der Waals surface area (Å²) in [5, 5.41) is 14.4. The molecule has 1 aromatic heterocycles. The minimum absolute atomic E-state index is 0.0105. The van der Waals surface area contributed by atoms with Gasteiger partial charge in [-0.1, -0.05) is 18.2 Å². The van der Waals surface area contributed by atoms with Crippen molar-refractivity contribution < 1.29 is 9.84 Å². The molecule has 4 heteroatoms. The Morgan fingerprint density at radius 1 is 1.29 bits per heavy atom. The van der Waals surface area contributed by atoms with Crippen LogP contribution in [0.4, 0.5) is 0 Å². The number of ether oxygens (including phenoxy) is 1. The van der Waals surface area contributed by atoms with Crippen molar-refractivity contribution in [3.63, 3.8) is 0 Å². The van der Waals surface area contributed by atoms with E-state index in [9.17, 15) is 5.11 Å². The van der Waals surface area contributed by atoms with Gasteiger partial charge in [0.15, 0.2) is 0 Å². The highest BCUT2D eigenvalue weighted by molar-refractivity contribution is 5.83. The number of aryl methyl sites for hydroxylation is 1. The first kappa shape index (κ1) is 16.0. The summed E-state index contributed by atoms with van der Waals surface area (Å²) < 4.78 is 7.77. The maximum Gasteiger partial charge on any atom is 0.0898 e. The first-order chi connectivity index (χ1) is 9.87. The van der Waals surface area contributed by atoms with Crippen LogP contribution < -0.4 is 5.32 Å². The molecule has 21 heavy (non-hydrogen) atoms. The van der Waals surface area contributed by atoms with E-state index >= 15 is 0 Å². The average Bonchev–Trinajstić information content (AvgIpc) is 2.73. The minimum atomic E-state index is -0.487. The van der Waals surface area contributed by atoms with Crippen molar-refractivity contribution in [3.05, 3.63) is 36.0 Å². The van der Waals surface area contributed by atoms with E-state index in [4.69, 9.17) is 4.74 Å². The standard InChI is InChI=1S/C17H26N2O2/c1-17(2,3)18-9-14(20)12-21-11-13-10-19(4)16-8-6-5-7-15(13)16/h5-8,10,14,18,20H,9,11-12H2,1-4H3. The van der Waals surface area contributed by atoms with Gasteiger partial charge < -0.3 is 19.7 Å². The lowest BCUT2D eigenvalue weighted by Crippen LogP contribution is -2.42. The summed E-state index contributed by atoms with van der Waals surface area (Å²) in [6, 6.07) is 8.27. The van der Waals surface area contributed by atoms with Crippen LogP contribution in [0.3, 0.4) is 0 Å². The number of hydrogen-bond acceptors (Lipinski definition) is 3. The maximum absolute atomic E-state index is 9.92. The number of benzene rings is 1. The topological polar surface area (TPSA) is 46.4 Å². The Kier molecular flexibility index (Phi) is 5.04.